The number of amides is 2. The molecule has 184 valence electrons. The maximum absolute atomic E-state index is 14.5. The summed E-state index contributed by atoms with van der Waals surface area (Å²) in [5, 5.41) is 8.94. The quantitative estimate of drug-likeness (QED) is 0.454. The Labute approximate surface area is 211 Å². The summed E-state index contributed by atoms with van der Waals surface area (Å²) >= 11 is 0. The van der Waals surface area contributed by atoms with Gasteiger partial charge in [-0.15, -0.1) is 0 Å². The van der Waals surface area contributed by atoms with Crippen LogP contribution in [0, 0.1) is 24.1 Å². The van der Waals surface area contributed by atoms with Crippen molar-refractivity contribution in [2.45, 2.75) is 38.9 Å². The van der Waals surface area contributed by atoms with Crippen LogP contribution in [0.4, 0.5) is 20.6 Å². The van der Waals surface area contributed by atoms with Gasteiger partial charge in [-0.2, -0.15) is 5.26 Å². The Bertz CT molecular complexity index is 1280. The van der Waals surface area contributed by atoms with Gasteiger partial charge in [-0.1, -0.05) is 48.5 Å². The fraction of sp³-hybridized carbons (Fsp3) is 0.310. The minimum absolute atomic E-state index is 0.0377. The molecular formula is C29H29FN4O2. The third kappa shape index (κ3) is 4.59. The van der Waals surface area contributed by atoms with Gasteiger partial charge in [0.25, 0.3) is 0 Å². The van der Waals surface area contributed by atoms with Crippen molar-refractivity contribution in [1.82, 2.24) is 4.90 Å². The van der Waals surface area contributed by atoms with Crippen LogP contribution in [0.2, 0.25) is 0 Å². The third-order valence-electron chi connectivity index (χ3n) is 7.10. The molecule has 2 aliphatic rings. The lowest BCUT2D eigenvalue weighted by Gasteiger charge is -2.44. The summed E-state index contributed by atoms with van der Waals surface area (Å²) in [5.41, 5.74) is 4.44. The Kier molecular flexibility index (Phi) is 6.77. The van der Waals surface area contributed by atoms with Crippen molar-refractivity contribution in [1.29, 1.82) is 5.26 Å². The lowest BCUT2D eigenvalue weighted by atomic mass is 9.99. The highest BCUT2D eigenvalue weighted by Gasteiger charge is 2.36. The highest BCUT2D eigenvalue weighted by atomic mass is 19.1. The number of aryl methyl sites for hydroxylation is 1. The predicted molar refractivity (Wildman–Crippen MR) is 137 cm³/mol. The van der Waals surface area contributed by atoms with Crippen molar-refractivity contribution in [3.8, 4) is 11.8 Å². The van der Waals surface area contributed by atoms with Gasteiger partial charge in [0.1, 0.15) is 17.6 Å². The van der Waals surface area contributed by atoms with E-state index in [-0.39, 0.29) is 24.5 Å². The van der Waals surface area contributed by atoms with E-state index >= 15 is 0 Å². The normalized spacial score (nSPS) is 16.0. The number of hydrogen-bond acceptors (Lipinski definition) is 4. The smallest absolute Gasteiger partial charge is 0.325 e. The summed E-state index contributed by atoms with van der Waals surface area (Å²) in [4.78, 5) is 19.7. The predicted octanol–water partition coefficient (Wildman–Crippen LogP) is 5.65. The second-order valence-electron chi connectivity index (χ2n) is 9.30. The summed E-state index contributed by atoms with van der Waals surface area (Å²) in [7, 11) is 0. The number of ether oxygens (including phenoxy) is 1. The number of urea groups is 1. The van der Waals surface area contributed by atoms with Gasteiger partial charge >= 0.3 is 6.03 Å². The first-order chi connectivity index (χ1) is 17.6. The Balaban J connectivity index is 1.37. The number of halogens is 1. The summed E-state index contributed by atoms with van der Waals surface area (Å²) in [6.07, 6.45) is 1.55. The Morgan fingerprint density at radius 2 is 1.78 bits per heavy atom. The topological polar surface area (TPSA) is 59.8 Å². The van der Waals surface area contributed by atoms with Gasteiger partial charge in [-0.3, -0.25) is 4.90 Å². The zero-order chi connectivity index (χ0) is 25.1. The van der Waals surface area contributed by atoms with Gasteiger partial charge in [0, 0.05) is 31.2 Å². The minimum atomic E-state index is -0.195. The second-order valence-corrected chi connectivity index (χ2v) is 9.30. The lowest BCUT2D eigenvalue weighted by Crippen LogP contribution is -2.54. The van der Waals surface area contributed by atoms with E-state index in [4.69, 9.17) is 10.00 Å². The van der Waals surface area contributed by atoms with Gasteiger partial charge < -0.3 is 14.5 Å². The zero-order valence-corrected chi connectivity index (χ0v) is 20.4. The van der Waals surface area contributed by atoms with Crippen LogP contribution in [-0.2, 0) is 13.1 Å². The molecule has 0 radical (unpaired) electrons. The molecule has 0 unspecified atom stereocenters. The summed E-state index contributed by atoms with van der Waals surface area (Å²) in [5.74, 6) is 0.412. The third-order valence-corrected chi connectivity index (χ3v) is 7.10. The van der Waals surface area contributed by atoms with E-state index in [0.29, 0.717) is 37.6 Å². The molecule has 2 heterocycles. The van der Waals surface area contributed by atoms with Gasteiger partial charge in [0.05, 0.1) is 17.9 Å². The number of fused-ring (bicyclic) bond motifs is 1. The molecule has 0 N–H and O–H groups in total. The highest BCUT2D eigenvalue weighted by molar-refractivity contribution is 5.95. The van der Waals surface area contributed by atoms with E-state index in [1.54, 1.807) is 11.0 Å². The first kappa shape index (κ1) is 23.7. The van der Waals surface area contributed by atoms with Crippen molar-refractivity contribution in [2.24, 2.45) is 0 Å². The molecule has 0 saturated carbocycles. The number of hydrogen-bond donors (Lipinski definition) is 0. The summed E-state index contributed by atoms with van der Waals surface area (Å²) in [6, 6.07) is 22.7. The Morgan fingerprint density at radius 3 is 2.56 bits per heavy atom. The molecule has 7 heteroatoms. The number of para-hydroxylation sites is 3. The molecule has 1 fully saturated rings. The first-order valence-corrected chi connectivity index (χ1v) is 12.3. The lowest BCUT2D eigenvalue weighted by molar-refractivity contribution is 0.159. The van der Waals surface area contributed by atoms with E-state index in [0.717, 1.165) is 35.2 Å². The van der Waals surface area contributed by atoms with Crippen LogP contribution in [-0.4, -0.2) is 36.7 Å². The maximum atomic E-state index is 14.5. The standard InChI is InChI=1S/C29H29FN4O2/c1-21-7-6-10-25(30)28(21)32-16-13-24(14-17-32)33-19-22-8-2-4-11-26(22)34(29(33)35)20-23-9-3-5-12-27(23)36-18-15-31/h2-12,24H,13-14,16-20H2,1H3. The van der Waals surface area contributed by atoms with Crippen LogP contribution >= 0.6 is 0 Å². The van der Waals surface area contributed by atoms with Gasteiger partial charge in [-0.25, -0.2) is 9.18 Å². The molecule has 2 amide bonds. The number of carbonyl (C=O) groups is 1. The largest absolute Gasteiger partial charge is 0.478 e. The van der Waals surface area contributed by atoms with Crippen molar-refractivity contribution in [2.75, 3.05) is 29.5 Å². The van der Waals surface area contributed by atoms with Crippen LogP contribution in [0.5, 0.6) is 5.75 Å². The molecule has 5 rings (SSSR count). The molecule has 0 aliphatic carbocycles. The molecule has 0 aromatic heterocycles. The summed E-state index contributed by atoms with van der Waals surface area (Å²) in [6.45, 7) is 4.19. The van der Waals surface area contributed by atoms with Crippen LogP contribution in [0.3, 0.4) is 0 Å². The average molecular weight is 485 g/mol. The minimum Gasteiger partial charge on any atom is -0.478 e. The average Bonchev–Trinajstić information content (AvgIpc) is 2.90. The van der Waals surface area contributed by atoms with E-state index in [9.17, 15) is 9.18 Å². The van der Waals surface area contributed by atoms with E-state index in [1.165, 1.54) is 6.07 Å². The molecule has 6 nitrogen and oxygen atoms in total. The second kappa shape index (κ2) is 10.3. The van der Waals surface area contributed by atoms with E-state index < -0.39 is 0 Å². The van der Waals surface area contributed by atoms with Crippen molar-refractivity contribution < 1.29 is 13.9 Å². The first-order valence-electron chi connectivity index (χ1n) is 12.3. The maximum Gasteiger partial charge on any atom is 0.325 e. The molecule has 1 saturated heterocycles. The fourth-order valence-electron chi connectivity index (χ4n) is 5.34. The zero-order valence-electron chi connectivity index (χ0n) is 20.4. The van der Waals surface area contributed by atoms with Crippen molar-refractivity contribution in [3.05, 3.63) is 89.2 Å². The molecular weight excluding hydrogens is 455 g/mol. The number of benzene rings is 3. The van der Waals surface area contributed by atoms with Crippen LogP contribution in [0.25, 0.3) is 0 Å². The van der Waals surface area contributed by atoms with Gasteiger partial charge in [0.15, 0.2) is 6.61 Å². The van der Waals surface area contributed by atoms with E-state index in [1.807, 2.05) is 66.4 Å². The molecule has 2 aliphatic heterocycles. The number of piperidine rings is 1. The number of carbonyl (C=O) groups excluding carboxylic acids is 1. The summed E-state index contributed by atoms with van der Waals surface area (Å²) < 4.78 is 20.2. The number of rotatable bonds is 6. The monoisotopic (exact) mass is 484 g/mol. The highest BCUT2D eigenvalue weighted by Crippen LogP contribution is 2.35. The molecule has 3 aromatic rings. The molecule has 3 aromatic carbocycles. The molecule has 0 bridgehead atoms. The number of anilines is 2. The SMILES string of the molecule is Cc1cccc(F)c1N1CCC(N2Cc3ccccc3N(Cc3ccccc3OCC#N)C2=O)CC1. The van der Waals surface area contributed by atoms with Gasteiger partial charge in [0.2, 0.25) is 0 Å². The molecule has 0 spiro atoms. The van der Waals surface area contributed by atoms with Gasteiger partial charge in [-0.05, 0) is 49.1 Å². The van der Waals surface area contributed by atoms with Crippen LogP contribution < -0.4 is 14.5 Å². The van der Waals surface area contributed by atoms with Crippen molar-refractivity contribution >= 4 is 17.4 Å². The fourth-order valence-corrected chi connectivity index (χ4v) is 5.34. The van der Waals surface area contributed by atoms with E-state index in [2.05, 4.69) is 11.0 Å². The number of nitrogens with zero attached hydrogens (tertiary/aromatic N) is 4. The molecule has 0 atom stereocenters. The van der Waals surface area contributed by atoms with Crippen LogP contribution in [0.15, 0.2) is 66.7 Å². The Hall–Kier alpha value is -4.05. The number of nitriles is 1. The van der Waals surface area contributed by atoms with Crippen molar-refractivity contribution in [3.63, 3.8) is 0 Å². The Morgan fingerprint density at radius 1 is 1.03 bits per heavy atom. The van der Waals surface area contributed by atoms with Crippen LogP contribution in [0.1, 0.15) is 29.5 Å². The molecule has 36 heavy (non-hydrogen) atoms.